The molecule has 0 saturated heterocycles. The molecule has 3 aromatic rings. The van der Waals surface area contributed by atoms with Crippen LogP contribution < -0.4 is 9.47 Å². The molecule has 0 N–H and O–H groups in total. The molecule has 0 radical (unpaired) electrons. The molecule has 0 fully saturated rings. The highest BCUT2D eigenvalue weighted by atomic mass is 32.2. The maximum absolute atomic E-state index is 13.8. The molecule has 0 saturated carbocycles. The van der Waals surface area contributed by atoms with Gasteiger partial charge in [0.1, 0.15) is 17.9 Å². The zero-order valence-electron chi connectivity index (χ0n) is 17.7. The molecule has 0 unspecified atom stereocenters. The normalized spacial score (nSPS) is 12.7. The number of hydrogen-bond acceptors (Lipinski definition) is 7. The van der Waals surface area contributed by atoms with Crippen LogP contribution in [0.4, 0.5) is 8.78 Å². The average molecular weight is 489 g/mol. The second-order valence-corrected chi connectivity index (χ2v) is 9.52. The molecule has 3 aromatic carbocycles. The summed E-state index contributed by atoms with van der Waals surface area (Å²) in [5.41, 5.74) is 2.20. The van der Waals surface area contributed by atoms with Crippen LogP contribution in [-0.2, 0) is 21.1 Å². The molecule has 0 aromatic heterocycles. The number of nitrogens with zero attached hydrogens (tertiary/aromatic N) is 1. The van der Waals surface area contributed by atoms with Crippen molar-refractivity contribution >= 4 is 9.84 Å². The Balaban J connectivity index is 1.75. The van der Waals surface area contributed by atoms with Gasteiger partial charge in [0.25, 0.3) is 5.09 Å². The number of ether oxygens (including phenoxy) is 2. The van der Waals surface area contributed by atoms with Crippen LogP contribution in [0.5, 0.6) is 11.5 Å². The lowest BCUT2D eigenvalue weighted by atomic mass is 9.94. The van der Waals surface area contributed by atoms with Gasteiger partial charge in [0.15, 0.2) is 33.7 Å². The van der Waals surface area contributed by atoms with E-state index < -0.39 is 33.2 Å². The van der Waals surface area contributed by atoms with E-state index in [0.717, 1.165) is 12.3 Å². The first-order valence-electron chi connectivity index (χ1n) is 9.82. The summed E-state index contributed by atoms with van der Waals surface area (Å²) >= 11 is 0. The Bertz CT molecular complexity index is 1380. The molecule has 1 aliphatic heterocycles. The van der Waals surface area contributed by atoms with Crippen LogP contribution in [0, 0.1) is 21.7 Å². The summed E-state index contributed by atoms with van der Waals surface area (Å²) in [6.07, 6.45) is 2.38. The number of benzene rings is 3. The molecular formula is C23H17F2NO7S. The smallest absolute Gasteiger partial charge is 0.294 e. The highest BCUT2D eigenvalue weighted by Gasteiger charge is 2.20. The maximum Gasteiger partial charge on any atom is 0.294 e. The van der Waals surface area contributed by atoms with E-state index in [-0.39, 0.29) is 22.8 Å². The van der Waals surface area contributed by atoms with Crippen molar-refractivity contribution in [2.75, 3.05) is 12.9 Å². The van der Waals surface area contributed by atoms with Gasteiger partial charge in [-0.2, -0.15) is 0 Å². The van der Waals surface area contributed by atoms with E-state index in [1.54, 1.807) is 24.3 Å². The van der Waals surface area contributed by atoms with E-state index in [4.69, 9.17) is 9.47 Å². The first kappa shape index (κ1) is 23.2. The van der Waals surface area contributed by atoms with Crippen LogP contribution in [0.15, 0.2) is 71.5 Å². The van der Waals surface area contributed by atoms with Crippen molar-refractivity contribution in [3.8, 4) is 22.6 Å². The van der Waals surface area contributed by atoms with Crippen LogP contribution in [0.3, 0.4) is 0 Å². The Morgan fingerprint density at radius 2 is 1.68 bits per heavy atom. The molecule has 0 bridgehead atoms. The zero-order valence-corrected chi connectivity index (χ0v) is 18.5. The Kier molecular flexibility index (Phi) is 6.20. The quantitative estimate of drug-likeness (QED) is 0.357. The fraction of sp³-hybridized carbons (Fsp3) is 0.130. The minimum absolute atomic E-state index is 0.0530. The van der Waals surface area contributed by atoms with Crippen molar-refractivity contribution in [3.05, 3.63) is 99.5 Å². The van der Waals surface area contributed by atoms with Crippen LogP contribution in [0.2, 0.25) is 0 Å². The van der Waals surface area contributed by atoms with Gasteiger partial charge in [-0.3, -0.25) is 0 Å². The number of fused-ring (bicyclic) bond motifs is 1. The van der Waals surface area contributed by atoms with Crippen molar-refractivity contribution in [1.82, 2.24) is 0 Å². The van der Waals surface area contributed by atoms with Crippen LogP contribution in [0.1, 0.15) is 11.1 Å². The Morgan fingerprint density at radius 1 is 1.00 bits per heavy atom. The van der Waals surface area contributed by atoms with Crippen LogP contribution >= 0.6 is 0 Å². The lowest BCUT2D eigenvalue weighted by Gasteiger charge is -2.21. The molecule has 8 nitrogen and oxygen atoms in total. The molecule has 1 aliphatic rings. The number of hydrogen-bond donors (Lipinski definition) is 0. The van der Waals surface area contributed by atoms with Gasteiger partial charge in [0.05, 0.1) is 4.90 Å². The molecule has 0 aliphatic carbocycles. The Labute approximate surface area is 193 Å². The van der Waals surface area contributed by atoms with E-state index in [9.17, 15) is 27.3 Å². The van der Waals surface area contributed by atoms with Gasteiger partial charge in [-0.05, 0) is 65.1 Å². The first-order chi connectivity index (χ1) is 16.1. The second-order valence-electron chi connectivity index (χ2n) is 7.51. The fourth-order valence-electron chi connectivity index (χ4n) is 3.48. The van der Waals surface area contributed by atoms with Crippen molar-refractivity contribution in [3.63, 3.8) is 0 Å². The third-order valence-electron chi connectivity index (χ3n) is 4.95. The Morgan fingerprint density at radius 3 is 2.29 bits per heavy atom. The summed E-state index contributed by atoms with van der Waals surface area (Å²) in [7, 11) is -3.40. The Hall–Kier alpha value is -3.99. The molecule has 4 rings (SSSR count). The van der Waals surface area contributed by atoms with Gasteiger partial charge >= 0.3 is 0 Å². The van der Waals surface area contributed by atoms with E-state index in [1.165, 1.54) is 30.5 Å². The van der Waals surface area contributed by atoms with Gasteiger partial charge in [0, 0.05) is 12.3 Å². The largest absolute Gasteiger partial charge is 0.457 e. The summed E-state index contributed by atoms with van der Waals surface area (Å²) in [6, 6.07) is 12.5. The summed E-state index contributed by atoms with van der Waals surface area (Å²) in [5, 5.41) is 9.48. The van der Waals surface area contributed by atoms with E-state index >= 15 is 0 Å². The van der Waals surface area contributed by atoms with Gasteiger partial charge in [0.2, 0.25) is 0 Å². The summed E-state index contributed by atoms with van der Waals surface area (Å²) in [5.74, 6) is -0.881. The van der Waals surface area contributed by atoms with E-state index in [2.05, 4.69) is 4.84 Å². The lowest BCUT2D eigenvalue weighted by molar-refractivity contribution is -0.756. The third kappa shape index (κ3) is 5.31. The molecule has 0 spiro atoms. The van der Waals surface area contributed by atoms with Crippen molar-refractivity contribution in [2.45, 2.75) is 11.3 Å². The minimum Gasteiger partial charge on any atom is -0.457 e. The predicted octanol–water partition coefficient (Wildman–Crippen LogP) is 4.45. The lowest BCUT2D eigenvalue weighted by Crippen LogP contribution is -2.13. The molecule has 34 heavy (non-hydrogen) atoms. The van der Waals surface area contributed by atoms with Gasteiger partial charge in [-0.15, -0.1) is 10.1 Å². The van der Waals surface area contributed by atoms with Gasteiger partial charge in [-0.1, -0.05) is 12.1 Å². The second kappa shape index (κ2) is 9.10. The summed E-state index contributed by atoms with van der Waals surface area (Å²) in [4.78, 5) is 14.9. The molecular weight excluding hydrogens is 472 g/mol. The molecule has 176 valence electrons. The first-order valence-corrected chi connectivity index (χ1v) is 11.7. The van der Waals surface area contributed by atoms with Gasteiger partial charge in [-0.25, -0.2) is 17.2 Å². The molecule has 1 heterocycles. The van der Waals surface area contributed by atoms with Crippen LogP contribution in [-0.4, -0.2) is 26.4 Å². The van der Waals surface area contributed by atoms with Crippen molar-refractivity contribution in [1.29, 1.82) is 0 Å². The molecule has 0 atom stereocenters. The summed E-state index contributed by atoms with van der Waals surface area (Å²) < 4.78 is 62.3. The average Bonchev–Trinajstić information content (AvgIpc) is 2.76. The van der Waals surface area contributed by atoms with Crippen molar-refractivity contribution in [2.24, 2.45) is 0 Å². The van der Waals surface area contributed by atoms with Crippen molar-refractivity contribution < 1.29 is 36.6 Å². The van der Waals surface area contributed by atoms with E-state index in [1.807, 2.05) is 0 Å². The third-order valence-corrected chi connectivity index (χ3v) is 6.08. The molecule has 11 heteroatoms. The standard InChI is InChI=1S/C23H17F2NO7S/c1-34(29,30)20-4-2-15(3-5-20)21-11-22-23(33-19(12-31-22)13-32-26(27)28)9-16(21)6-14-7-17(24)10-18(25)8-14/h2-5,7-12H,6,13H2,1H3. The number of rotatable bonds is 7. The van der Waals surface area contributed by atoms with Crippen LogP contribution in [0.25, 0.3) is 11.1 Å². The zero-order chi connectivity index (χ0) is 24.5. The highest BCUT2D eigenvalue weighted by Crippen LogP contribution is 2.40. The topological polar surface area (TPSA) is 105 Å². The molecule has 0 amide bonds. The maximum atomic E-state index is 13.8. The monoisotopic (exact) mass is 489 g/mol. The predicted molar refractivity (Wildman–Crippen MR) is 116 cm³/mol. The summed E-state index contributed by atoms with van der Waals surface area (Å²) in [6.45, 7) is -0.467. The van der Waals surface area contributed by atoms with Gasteiger partial charge < -0.3 is 14.3 Å². The number of sulfone groups is 1. The SMILES string of the molecule is CS(=O)(=O)c1ccc(-c2cc3c(cc2Cc2cc(F)cc(F)c2)OC(CO[N+](=O)[O-])=CO3)cc1. The highest BCUT2D eigenvalue weighted by molar-refractivity contribution is 7.90. The number of halogens is 2. The minimum atomic E-state index is -3.40. The van der Waals surface area contributed by atoms with E-state index in [0.29, 0.717) is 28.0 Å². The fourth-order valence-corrected chi connectivity index (χ4v) is 4.11.